The van der Waals surface area contributed by atoms with E-state index in [9.17, 15) is 9.59 Å². The van der Waals surface area contributed by atoms with Crippen LogP contribution in [-0.2, 0) is 4.79 Å². The lowest BCUT2D eigenvalue weighted by Gasteiger charge is -2.36. The van der Waals surface area contributed by atoms with Gasteiger partial charge < -0.3 is 10.2 Å². The first-order valence-corrected chi connectivity index (χ1v) is 7.19. The van der Waals surface area contributed by atoms with E-state index in [-0.39, 0.29) is 11.9 Å². The molecule has 1 aromatic carbocycles. The summed E-state index contributed by atoms with van der Waals surface area (Å²) in [5.74, 6) is 0.0473. The van der Waals surface area contributed by atoms with Gasteiger partial charge in [0.1, 0.15) is 12.3 Å². The summed E-state index contributed by atoms with van der Waals surface area (Å²) >= 11 is 3.49. The summed E-state index contributed by atoms with van der Waals surface area (Å²) in [6.07, 6.45) is 3.83. The number of likely N-dealkylation sites (N-methyl/N-ethyl adjacent to an activating group) is 1. The molecular weight excluding hydrogens is 308 g/mol. The highest BCUT2D eigenvalue weighted by molar-refractivity contribution is 9.10. The van der Waals surface area contributed by atoms with E-state index in [1.54, 1.807) is 19.2 Å². The van der Waals surface area contributed by atoms with Crippen molar-refractivity contribution in [2.24, 2.45) is 0 Å². The zero-order valence-corrected chi connectivity index (χ0v) is 12.4. The summed E-state index contributed by atoms with van der Waals surface area (Å²) in [4.78, 5) is 24.8. The molecule has 1 heterocycles. The summed E-state index contributed by atoms with van der Waals surface area (Å²) in [6, 6.07) is 5.34. The number of piperidine rings is 1. The van der Waals surface area contributed by atoms with Gasteiger partial charge >= 0.3 is 0 Å². The molecule has 1 N–H and O–H groups in total. The highest BCUT2D eigenvalue weighted by atomic mass is 79.9. The maximum atomic E-state index is 12.0. The van der Waals surface area contributed by atoms with Crippen LogP contribution in [0.4, 0.5) is 5.69 Å². The van der Waals surface area contributed by atoms with Gasteiger partial charge in [-0.15, -0.1) is 0 Å². The molecule has 19 heavy (non-hydrogen) atoms. The van der Waals surface area contributed by atoms with Gasteiger partial charge in [0.25, 0.3) is 0 Å². The van der Waals surface area contributed by atoms with Gasteiger partial charge in [-0.1, -0.05) is 0 Å². The van der Waals surface area contributed by atoms with Crippen molar-refractivity contribution in [2.75, 3.05) is 18.5 Å². The van der Waals surface area contributed by atoms with Crippen molar-refractivity contribution in [2.45, 2.75) is 25.3 Å². The Morgan fingerprint density at radius 3 is 2.89 bits per heavy atom. The summed E-state index contributed by atoms with van der Waals surface area (Å²) in [5, 5.41) is 2.72. The van der Waals surface area contributed by atoms with E-state index in [2.05, 4.69) is 26.1 Å². The van der Waals surface area contributed by atoms with Gasteiger partial charge in [0.15, 0.2) is 0 Å². The predicted molar refractivity (Wildman–Crippen MR) is 78.6 cm³/mol. The van der Waals surface area contributed by atoms with Crippen LogP contribution in [0.5, 0.6) is 0 Å². The quantitative estimate of drug-likeness (QED) is 0.868. The minimum absolute atomic E-state index is 0.0473. The van der Waals surface area contributed by atoms with E-state index in [0.717, 1.165) is 42.3 Å². The number of carbonyl (C=O) groups excluding carboxylic acids is 2. The minimum atomic E-state index is -0.128. The predicted octanol–water partition coefficient (Wildman–Crippen LogP) is 2.37. The molecule has 4 nitrogen and oxygen atoms in total. The van der Waals surface area contributed by atoms with Crippen LogP contribution in [0.3, 0.4) is 0 Å². The van der Waals surface area contributed by atoms with Crippen molar-refractivity contribution in [3.05, 3.63) is 28.2 Å². The third-order valence-corrected chi connectivity index (χ3v) is 4.10. The Hall–Kier alpha value is -1.36. The van der Waals surface area contributed by atoms with Gasteiger partial charge in [-0.2, -0.15) is 0 Å². The molecule has 1 amide bonds. The average molecular weight is 325 g/mol. The molecular formula is C14H17BrN2O2. The lowest BCUT2D eigenvalue weighted by atomic mass is 10.00. The van der Waals surface area contributed by atoms with Gasteiger partial charge in [-0.25, -0.2) is 0 Å². The first-order valence-electron chi connectivity index (χ1n) is 6.40. The van der Waals surface area contributed by atoms with Gasteiger partial charge in [-0.05, 0) is 53.4 Å². The fraction of sp³-hybridized carbons (Fsp3) is 0.429. The van der Waals surface area contributed by atoms with Crippen LogP contribution >= 0.6 is 15.9 Å². The second-order valence-corrected chi connectivity index (χ2v) is 5.50. The second kappa shape index (κ2) is 6.19. The zero-order valence-electron chi connectivity index (χ0n) is 10.9. The van der Waals surface area contributed by atoms with E-state index < -0.39 is 0 Å². The average Bonchev–Trinajstić information content (AvgIpc) is 2.46. The minimum Gasteiger partial charge on any atom is -0.359 e. The Morgan fingerprint density at radius 1 is 1.47 bits per heavy atom. The first-order chi connectivity index (χ1) is 9.17. The third-order valence-electron chi connectivity index (χ3n) is 3.47. The maximum absolute atomic E-state index is 12.0. The van der Waals surface area contributed by atoms with Gasteiger partial charge in [0.05, 0.1) is 5.69 Å². The van der Waals surface area contributed by atoms with E-state index in [0.29, 0.717) is 5.56 Å². The lowest BCUT2D eigenvalue weighted by Crippen LogP contribution is -2.49. The number of carbonyl (C=O) groups is 2. The molecule has 1 fully saturated rings. The molecule has 5 heteroatoms. The standard InChI is InChI=1S/C14H17BrN2O2/c1-16-14(19)13-4-2-3-7-17(13)12-6-5-10(9-18)8-11(12)15/h5-6,8-9,13H,2-4,7H2,1H3,(H,16,19). The van der Waals surface area contributed by atoms with Gasteiger partial charge in [0.2, 0.25) is 5.91 Å². The fourth-order valence-electron chi connectivity index (χ4n) is 2.49. The molecule has 1 unspecified atom stereocenters. The first kappa shape index (κ1) is 14.1. The highest BCUT2D eigenvalue weighted by Gasteiger charge is 2.29. The van der Waals surface area contributed by atoms with Crippen LogP contribution in [0.15, 0.2) is 22.7 Å². The van der Waals surface area contributed by atoms with Crippen molar-refractivity contribution in [1.82, 2.24) is 5.32 Å². The summed E-state index contributed by atoms with van der Waals surface area (Å²) in [6.45, 7) is 0.858. The van der Waals surface area contributed by atoms with Crippen LogP contribution in [0.25, 0.3) is 0 Å². The van der Waals surface area contributed by atoms with Crippen LogP contribution in [0, 0.1) is 0 Å². The molecule has 2 rings (SSSR count). The molecule has 1 saturated heterocycles. The number of anilines is 1. The molecule has 0 radical (unpaired) electrons. The zero-order chi connectivity index (χ0) is 13.8. The lowest BCUT2D eigenvalue weighted by molar-refractivity contribution is -0.122. The van der Waals surface area contributed by atoms with Crippen molar-refractivity contribution >= 4 is 33.8 Å². The number of aldehydes is 1. The third kappa shape index (κ3) is 2.97. The summed E-state index contributed by atoms with van der Waals surface area (Å²) < 4.78 is 0.855. The molecule has 1 aliphatic rings. The smallest absolute Gasteiger partial charge is 0.242 e. The van der Waals surface area contributed by atoms with E-state index in [1.165, 1.54) is 0 Å². The Kier molecular flexibility index (Phi) is 4.58. The summed E-state index contributed by atoms with van der Waals surface area (Å²) in [5.41, 5.74) is 1.60. The number of nitrogens with zero attached hydrogens (tertiary/aromatic N) is 1. The van der Waals surface area contributed by atoms with Crippen molar-refractivity contribution in [3.63, 3.8) is 0 Å². The molecule has 0 spiro atoms. The number of halogens is 1. The Morgan fingerprint density at radius 2 is 2.26 bits per heavy atom. The van der Waals surface area contributed by atoms with Crippen molar-refractivity contribution in [3.8, 4) is 0 Å². The molecule has 0 bridgehead atoms. The molecule has 0 aromatic heterocycles. The molecule has 0 aliphatic carbocycles. The van der Waals surface area contributed by atoms with Crippen LogP contribution in [0.2, 0.25) is 0 Å². The van der Waals surface area contributed by atoms with Crippen LogP contribution in [0.1, 0.15) is 29.6 Å². The molecule has 102 valence electrons. The molecule has 1 aliphatic heterocycles. The van der Waals surface area contributed by atoms with Crippen molar-refractivity contribution in [1.29, 1.82) is 0 Å². The number of nitrogens with one attached hydrogen (secondary N) is 1. The number of hydrogen-bond acceptors (Lipinski definition) is 3. The summed E-state index contributed by atoms with van der Waals surface area (Å²) in [7, 11) is 1.67. The van der Waals surface area contributed by atoms with Crippen molar-refractivity contribution < 1.29 is 9.59 Å². The molecule has 1 atom stereocenters. The number of amides is 1. The second-order valence-electron chi connectivity index (χ2n) is 4.65. The maximum Gasteiger partial charge on any atom is 0.242 e. The van der Waals surface area contributed by atoms with E-state index in [1.807, 2.05) is 6.07 Å². The van der Waals surface area contributed by atoms with Crippen LogP contribution < -0.4 is 10.2 Å². The Balaban J connectivity index is 2.32. The Bertz CT molecular complexity index is 490. The fourth-order valence-corrected chi connectivity index (χ4v) is 3.11. The highest BCUT2D eigenvalue weighted by Crippen LogP contribution is 2.32. The van der Waals surface area contributed by atoms with E-state index in [4.69, 9.17) is 0 Å². The molecule has 0 saturated carbocycles. The van der Waals surface area contributed by atoms with Gasteiger partial charge in [0, 0.05) is 23.6 Å². The number of hydrogen-bond donors (Lipinski definition) is 1. The Labute approximate surface area is 121 Å². The SMILES string of the molecule is CNC(=O)C1CCCCN1c1ccc(C=O)cc1Br. The number of rotatable bonds is 3. The topological polar surface area (TPSA) is 49.4 Å². The van der Waals surface area contributed by atoms with Gasteiger partial charge in [-0.3, -0.25) is 9.59 Å². The van der Waals surface area contributed by atoms with Crippen LogP contribution in [-0.4, -0.2) is 31.8 Å². The number of benzene rings is 1. The monoisotopic (exact) mass is 324 g/mol. The largest absolute Gasteiger partial charge is 0.359 e. The molecule has 1 aromatic rings. The van der Waals surface area contributed by atoms with E-state index >= 15 is 0 Å². The normalized spacial score (nSPS) is 19.1.